The number of hydrogen-bond acceptors (Lipinski definition) is 2. The van der Waals surface area contributed by atoms with Crippen molar-refractivity contribution < 1.29 is 14.0 Å². The van der Waals surface area contributed by atoms with E-state index in [9.17, 15) is 14.0 Å². The molecule has 2 amide bonds. The highest BCUT2D eigenvalue weighted by Crippen LogP contribution is 2.36. The number of piperidine rings is 1. The Bertz CT molecular complexity index is 533. The summed E-state index contributed by atoms with van der Waals surface area (Å²) in [5.74, 6) is -0.762. The van der Waals surface area contributed by atoms with Gasteiger partial charge in [-0.2, -0.15) is 0 Å². The van der Waals surface area contributed by atoms with Gasteiger partial charge in [-0.25, -0.2) is 4.39 Å². The largest absolute Gasteiger partial charge is 0.356 e. The molecule has 1 aliphatic heterocycles. The van der Waals surface area contributed by atoms with E-state index in [1.54, 1.807) is 24.1 Å². The summed E-state index contributed by atoms with van der Waals surface area (Å²) in [4.78, 5) is 25.8. The first-order valence-corrected chi connectivity index (χ1v) is 7.33. The first-order chi connectivity index (χ1) is 10.0. The van der Waals surface area contributed by atoms with Gasteiger partial charge in [0.2, 0.25) is 11.8 Å². The van der Waals surface area contributed by atoms with Gasteiger partial charge in [0, 0.05) is 20.0 Å². The lowest BCUT2D eigenvalue weighted by Gasteiger charge is -2.38. The second-order valence-corrected chi connectivity index (χ2v) is 5.44. The number of amides is 2. The molecule has 0 spiro atoms. The maximum absolute atomic E-state index is 13.5. The van der Waals surface area contributed by atoms with Crippen LogP contribution in [0, 0.1) is 11.7 Å². The van der Waals surface area contributed by atoms with E-state index in [1.807, 2.05) is 6.92 Å². The third-order valence-corrected chi connectivity index (χ3v) is 3.94. The third kappa shape index (κ3) is 3.40. The number of carbonyl (C=O) groups is 2. The first-order valence-electron chi connectivity index (χ1n) is 7.33. The SMILES string of the molecule is CCCNC(=O)[C@H]1CCC(=O)N(C)[C@@H]1c1cccc(F)c1. The molecule has 0 radical (unpaired) electrons. The van der Waals surface area contributed by atoms with Crippen LogP contribution < -0.4 is 5.32 Å². The van der Waals surface area contributed by atoms with Crippen molar-refractivity contribution in [2.75, 3.05) is 13.6 Å². The van der Waals surface area contributed by atoms with E-state index in [0.29, 0.717) is 24.9 Å². The molecule has 4 nitrogen and oxygen atoms in total. The summed E-state index contributed by atoms with van der Waals surface area (Å²) in [5.41, 5.74) is 0.669. The average molecular weight is 292 g/mol. The van der Waals surface area contributed by atoms with Gasteiger partial charge in [0.1, 0.15) is 5.82 Å². The number of carbonyl (C=O) groups excluding carboxylic acids is 2. The van der Waals surface area contributed by atoms with Crippen LogP contribution in [0.4, 0.5) is 4.39 Å². The van der Waals surface area contributed by atoms with Crippen molar-refractivity contribution in [3.05, 3.63) is 35.6 Å². The van der Waals surface area contributed by atoms with Crippen LogP contribution in [0.2, 0.25) is 0 Å². The van der Waals surface area contributed by atoms with E-state index in [1.165, 1.54) is 12.1 Å². The van der Waals surface area contributed by atoms with E-state index < -0.39 is 6.04 Å². The van der Waals surface area contributed by atoms with E-state index in [4.69, 9.17) is 0 Å². The lowest BCUT2D eigenvalue weighted by molar-refractivity contribution is -0.141. The van der Waals surface area contributed by atoms with Gasteiger partial charge in [0.15, 0.2) is 0 Å². The third-order valence-electron chi connectivity index (χ3n) is 3.94. The van der Waals surface area contributed by atoms with Crippen LogP contribution in [-0.4, -0.2) is 30.3 Å². The Labute approximate surface area is 124 Å². The Balaban J connectivity index is 2.29. The van der Waals surface area contributed by atoms with Crippen LogP contribution in [0.25, 0.3) is 0 Å². The smallest absolute Gasteiger partial charge is 0.225 e. The first kappa shape index (κ1) is 15.5. The lowest BCUT2D eigenvalue weighted by Crippen LogP contribution is -2.46. The maximum Gasteiger partial charge on any atom is 0.225 e. The molecule has 1 fully saturated rings. The molecule has 2 rings (SSSR count). The van der Waals surface area contributed by atoms with Crippen molar-refractivity contribution in [3.8, 4) is 0 Å². The summed E-state index contributed by atoms with van der Waals surface area (Å²) >= 11 is 0. The van der Waals surface area contributed by atoms with Crippen LogP contribution in [0.15, 0.2) is 24.3 Å². The summed E-state index contributed by atoms with van der Waals surface area (Å²) in [6.45, 7) is 2.60. The maximum atomic E-state index is 13.5. The fraction of sp³-hybridized carbons (Fsp3) is 0.500. The zero-order valence-electron chi connectivity index (χ0n) is 12.4. The van der Waals surface area contributed by atoms with Gasteiger partial charge in [-0.15, -0.1) is 0 Å². The van der Waals surface area contributed by atoms with E-state index in [2.05, 4.69) is 5.32 Å². The number of likely N-dealkylation sites (tertiary alicyclic amines) is 1. The summed E-state index contributed by atoms with van der Waals surface area (Å²) in [6, 6.07) is 5.74. The number of halogens is 1. The Morgan fingerprint density at radius 3 is 2.90 bits per heavy atom. The summed E-state index contributed by atoms with van der Waals surface area (Å²) < 4.78 is 13.5. The Morgan fingerprint density at radius 2 is 2.24 bits per heavy atom. The van der Waals surface area contributed by atoms with Gasteiger partial charge in [0.05, 0.1) is 12.0 Å². The van der Waals surface area contributed by atoms with E-state index >= 15 is 0 Å². The molecular formula is C16H21FN2O2. The molecule has 1 aromatic carbocycles. The number of benzene rings is 1. The molecule has 0 saturated carbocycles. The molecule has 1 aromatic rings. The van der Waals surface area contributed by atoms with Gasteiger partial charge >= 0.3 is 0 Å². The molecular weight excluding hydrogens is 271 g/mol. The molecule has 0 unspecified atom stereocenters. The zero-order chi connectivity index (χ0) is 15.4. The minimum atomic E-state index is -0.404. The fourth-order valence-corrected chi connectivity index (χ4v) is 2.84. The van der Waals surface area contributed by atoms with Crippen LogP contribution in [0.1, 0.15) is 37.8 Å². The second kappa shape index (κ2) is 6.70. The number of nitrogens with zero attached hydrogens (tertiary/aromatic N) is 1. The van der Waals surface area contributed by atoms with Crippen molar-refractivity contribution in [2.45, 2.75) is 32.2 Å². The summed E-state index contributed by atoms with van der Waals surface area (Å²) in [7, 11) is 1.68. The standard InChI is InChI=1S/C16H21FN2O2/c1-3-9-18-16(21)13-7-8-14(20)19(2)15(13)11-5-4-6-12(17)10-11/h4-6,10,13,15H,3,7-9H2,1-2H3,(H,18,21)/t13-,15+/m0/s1. The quantitative estimate of drug-likeness (QED) is 0.925. The van der Waals surface area contributed by atoms with Crippen molar-refractivity contribution in [2.24, 2.45) is 5.92 Å². The Kier molecular flexibility index (Phi) is 4.94. The van der Waals surface area contributed by atoms with Crippen molar-refractivity contribution in [3.63, 3.8) is 0 Å². The predicted octanol–water partition coefficient (Wildman–Crippen LogP) is 2.26. The molecule has 0 bridgehead atoms. The van der Waals surface area contributed by atoms with Crippen LogP contribution in [-0.2, 0) is 9.59 Å². The van der Waals surface area contributed by atoms with Crippen LogP contribution >= 0.6 is 0 Å². The molecule has 1 heterocycles. The highest BCUT2D eigenvalue weighted by Gasteiger charge is 2.38. The van der Waals surface area contributed by atoms with E-state index in [-0.39, 0.29) is 23.5 Å². The van der Waals surface area contributed by atoms with Gasteiger partial charge < -0.3 is 10.2 Å². The lowest BCUT2D eigenvalue weighted by atomic mass is 9.84. The van der Waals surface area contributed by atoms with Crippen molar-refractivity contribution >= 4 is 11.8 Å². The topological polar surface area (TPSA) is 49.4 Å². The fourth-order valence-electron chi connectivity index (χ4n) is 2.84. The van der Waals surface area contributed by atoms with Crippen molar-refractivity contribution in [1.82, 2.24) is 10.2 Å². The highest BCUT2D eigenvalue weighted by atomic mass is 19.1. The minimum Gasteiger partial charge on any atom is -0.356 e. The van der Waals surface area contributed by atoms with Gasteiger partial charge in [-0.05, 0) is 30.5 Å². The Morgan fingerprint density at radius 1 is 1.48 bits per heavy atom. The van der Waals surface area contributed by atoms with Gasteiger partial charge in [0.25, 0.3) is 0 Å². The molecule has 1 saturated heterocycles. The van der Waals surface area contributed by atoms with Gasteiger partial charge in [-0.3, -0.25) is 9.59 Å². The molecule has 21 heavy (non-hydrogen) atoms. The average Bonchev–Trinajstić information content (AvgIpc) is 2.47. The Hall–Kier alpha value is -1.91. The van der Waals surface area contributed by atoms with Crippen molar-refractivity contribution in [1.29, 1.82) is 0 Å². The number of nitrogens with one attached hydrogen (secondary N) is 1. The highest BCUT2D eigenvalue weighted by molar-refractivity contribution is 5.84. The molecule has 1 aliphatic rings. The van der Waals surface area contributed by atoms with E-state index in [0.717, 1.165) is 6.42 Å². The zero-order valence-corrected chi connectivity index (χ0v) is 12.4. The molecule has 114 valence electrons. The summed E-state index contributed by atoms with van der Waals surface area (Å²) in [5, 5.41) is 2.88. The molecule has 1 N–H and O–H groups in total. The monoisotopic (exact) mass is 292 g/mol. The van der Waals surface area contributed by atoms with Gasteiger partial charge in [-0.1, -0.05) is 19.1 Å². The minimum absolute atomic E-state index is 0.0104. The normalized spacial score (nSPS) is 22.2. The molecule has 0 aliphatic carbocycles. The molecule has 2 atom stereocenters. The summed E-state index contributed by atoms with van der Waals surface area (Å²) in [6.07, 6.45) is 1.71. The number of rotatable bonds is 4. The molecule has 0 aromatic heterocycles. The van der Waals surface area contributed by atoms with Crippen LogP contribution in [0.5, 0.6) is 0 Å². The predicted molar refractivity (Wildman–Crippen MR) is 77.9 cm³/mol. The number of hydrogen-bond donors (Lipinski definition) is 1. The second-order valence-electron chi connectivity index (χ2n) is 5.44. The van der Waals surface area contributed by atoms with Crippen LogP contribution in [0.3, 0.4) is 0 Å². The molecule has 5 heteroatoms.